The standard InChI is InChI=1S/C17H23NO4.C16H21NO3.C10H11NO2.C9H16O3S.C7H14O3.CH4/c1-12(2)8-14(10-19)16(20)18-15(11-22-17(18)21)9-13-6-4-3-5-7-13;1-12(2)8-9-15(18)17-14(11-20-16(17)19)10-13-6-4-3-5-7-13;12-10-11-9(7-13-10)6-8-4-2-1-3-5-8;1-6(2)4-8(9(11)12)5-13-7(3)10;1-5(2)3-6(4-8)7(9)10;/h3-7,12,14-15,19H,8-11H2,1-2H3;3-7,12,14H,8-11H2,1-2H3;1-5,9H,6-7H2,(H,11,12);6,8H,4-5H2,1-3H3,(H,11,12);5-6,8H,3-4H2,1-2H3,(H,9,10);1H4/t14-,15+;14-;9-;8-;6-;/m10011./s1. The van der Waals surface area contributed by atoms with Gasteiger partial charge in [-0.15, -0.1) is 0 Å². The number of aliphatic hydroxyl groups is 2. The van der Waals surface area contributed by atoms with Crippen LogP contribution in [0.2, 0.25) is 0 Å². The van der Waals surface area contributed by atoms with Gasteiger partial charge in [0.15, 0.2) is 5.12 Å². The van der Waals surface area contributed by atoms with Crippen LogP contribution < -0.4 is 5.32 Å². The van der Waals surface area contributed by atoms with E-state index >= 15 is 0 Å². The Morgan fingerprint density at radius 2 is 0.975 bits per heavy atom. The molecule has 0 radical (unpaired) electrons. The summed E-state index contributed by atoms with van der Waals surface area (Å²) >= 11 is 1.09. The number of carbonyl (C=O) groups is 8. The molecular formula is C60H89N3O15S. The molecule has 0 unspecified atom stereocenters. The van der Waals surface area contributed by atoms with Gasteiger partial charge in [-0.3, -0.25) is 24.0 Å². The van der Waals surface area contributed by atoms with Gasteiger partial charge in [-0.05, 0) is 85.3 Å². The second-order valence-corrected chi connectivity index (χ2v) is 22.4. The van der Waals surface area contributed by atoms with E-state index in [-0.39, 0.29) is 74.3 Å². The van der Waals surface area contributed by atoms with Crippen LogP contribution >= 0.6 is 11.8 Å². The van der Waals surface area contributed by atoms with Gasteiger partial charge in [0.25, 0.3) is 0 Å². The third-order valence-electron chi connectivity index (χ3n) is 12.3. The summed E-state index contributed by atoms with van der Waals surface area (Å²) in [4.78, 5) is 93.3. The Labute approximate surface area is 472 Å². The lowest BCUT2D eigenvalue weighted by Gasteiger charge is -2.24. The molecule has 6 atom stereocenters. The summed E-state index contributed by atoms with van der Waals surface area (Å²) in [6, 6.07) is 29.3. The van der Waals surface area contributed by atoms with Crippen molar-refractivity contribution in [1.82, 2.24) is 15.1 Å². The summed E-state index contributed by atoms with van der Waals surface area (Å²) < 4.78 is 14.9. The number of carbonyl (C=O) groups excluding carboxylic acids is 6. The third-order valence-corrected chi connectivity index (χ3v) is 13.3. The number of rotatable bonds is 22. The molecule has 3 saturated heterocycles. The Hall–Kier alpha value is -6.31. The minimum absolute atomic E-state index is 0. The second kappa shape index (κ2) is 38.3. The van der Waals surface area contributed by atoms with Crippen LogP contribution in [0.5, 0.6) is 0 Å². The zero-order chi connectivity index (χ0) is 58.3. The van der Waals surface area contributed by atoms with Crippen LogP contribution in [0.1, 0.15) is 119 Å². The van der Waals surface area contributed by atoms with E-state index in [4.69, 9.17) is 29.5 Å². The number of nitrogens with zero attached hydrogens (tertiary/aromatic N) is 2. The maximum atomic E-state index is 12.6. The SMILES string of the molecule is C.CC(=O)SC[C@@H](CC(C)C)C(=O)O.CC(C)CCC(=O)N1C(=O)OC[C@@H]1Cc1ccccc1.CC(C)C[C@H](CO)C(=O)N1C(=O)OC[C@@H]1Cc1ccccc1.CC(C)C[C@H](CO)C(=O)O.O=C1N[C@@H](Cc2ccccc2)CO1. The number of aliphatic hydroxyl groups excluding tert-OH is 2. The maximum absolute atomic E-state index is 12.6. The van der Waals surface area contributed by atoms with Gasteiger partial charge < -0.3 is 40.0 Å². The lowest BCUT2D eigenvalue weighted by atomic mass is 9.95. The number of cyclic esters (lactones) is 3. The number of nitrogens with one attached hydrogen (secondary N) is 1. The molecule has 0 saturated carbocycles. The number of alkyl carbamates (subject to hydrolysis) is 1. The number of imide groups is 2. The van der Waals surface area contributed by atoms with Crippen LogP contribution in [-0.2, 0) is 57.4 Å². The van der Waals surface area contributed by atoms with Crippen LogP contribution in [0.25, 0.3) is 0 Å². The number of benzene rings is 3. The summed E-state index contributed by atoms with van der Waals surface area (Å²) in [5.74, 6) is -1.90. The molecule has 18 nitrogen and oxygen atoms in total. The molecule has 440 valence electrons. The van der Waals surface area contributed by atoms with Gasteiger partial charge in [0.1, 0.15) is 19.8 Å². The molecule has 0 bridgehead atoms. The van der Waals surface area contributed by atoms with E-state index in [0.717, 1.165) is 35.7 Å². The second-order valence-electron chi connectivity index (χ2n) is 21.2. The van der Waals surface area contributed by atoms with Crippen molar-refractivity contribution in [2.45, 2.75) is 139 Å². The first kappa shape index (κ1) is 70.7. The number of amides is 5. The molecule has 3 heterocycles. The number of carboxylic acids is 2. The van der Waals surface area contributed by atoms with Gasteiger partial charge in [-0.1, -0.05) is 166 Å². The monoisotopic (exact) mass is 1120 g/mol. The molecule has 0 aliphatic carbocycles. The molecular weight excluding hydrogens is 1030 g/mol. The van der Waals surface area contributed by atoms with Gasteiger partial charge in [0.05, 0.1) is 49.1 Å². The number of hydrogen-bond donors (Lipinski definition) is 5. The van der Waals surface area contributed by atoms with Crippen molar-refractivity contribution >= 4 is 58.9 Å². The molecule has 5 amide bonds. The van der Waals surface area contributed by atoms with E-state index in [0.29, 0.717) is 75.2 Å². The van der Waals surface area contributed by atoms with Crippen LogP contribution in [0.15, 0.2) is 91.0 Å². The quantitative estimate of drug-likeness (QED) is 0.0586. The van der Waals surface area contributed by atoms with Crippen molar-refractivity contribution < 1.29 is 73.0 Å². The molecule has 3 aliphatic heterocycles. The molecule has 3 aliphatic rings. The third kappa shape index (κ3) is 28.4. The van der Waals surface area contributed by atoms with Crippen molar-refractivity contribution in [1.29, 1.82) is 0 Å². The first-order valence-electron chi connectivity index (χ1n) is 26.8. The van der Waals surface area contributed by atoms with Gasteiger partial charge in [0.2, 0.25) is 11.8 Å². The minimum Gasteiger partial charge on any atom is -0.481 e. The highest BCUT2D eigenvalue weighted by Gasteiger charge is 2.41. The normalized spacial score (nSPS) is 17.4. The fourth-order valence-electron chi connectivity index (χ4n) is 8.41. The van der Waals surface area contributed by atoms with E-state index in [1.165, 1.54) is 22.3 Å². The molecule has 5 N–H and O–H groups in total. The summed E-state index contributed by atoms with van der Waals surface area (Å²) in [5, 5.41) is 38.0. The van der Waals surface area contributed by atoms with Gasteiger partial charge in [0, 0.05) is 19.1 Å². The maximum Gasteiger partial charge on any atom is 0.416 e. The van der Waals surface area contributed by atoms with Crippen molar-refractivity contribution in [3.8, 4) is 0 Å². The highest BCUT2D eigenvalue weighted by molar-refractivity contribution is 8.13. The molecule has 0 spiro atoms. The van der Waals surface area contributed by atoms with Gasteiger partial charge in [-0.2, -0.15) is 0 Å². The van der Waals surface area contributed by atoms with E-state index in [2.05, 4.69) is 19.2 Å². The summed E-state index contributed by atoms with van der Waals surface area (Å²) in [6.07, 6.45) is 3.58. The Kier molecular flexibility index (Phi) is 34.3. The first-order valence-corrected chi connectivity index (χ1v) is 27.8. The summed E-state index contributed by atoms with van der Waals surface area (Å²) in [6.45, 7) is 17.9. The fourth-order valence-corrected chi connectivity index (χ4v) is 9.12. The van der Waals surface area contributed by atoms with Crippen molar-refractivity contribution in [3.63, 3.8) is 0 Å². The highest BCUT2D eigenvalue weighted by atomic mass is 32.2. The fraction of sp³-hybridized carbons (Fsp3) is 0.567. The van der Waals surface area contributed by atoms with Crippen LogP contribution in [0, 0.1) is 41.4 Å². The number of ether oxygens (including phenoxy) is 3. The predicted molar refractivity (Wildman–Crippen MR) is 305 cm³/mol. The van der Waals surface area contributed by atoms with Crippen molar-refractivity contribution in [2.24, 2.45) is 41.4 Å². The average molecular weight is 1120 g/mol. The zero-order valence-electron chi connectivity index (χ0n) is 46.9. The van der Waals surface area contributed by atoms with Crippen LogP contribution in [0.3, 0.4) is 0 Å². The van der Waals surface area contributed by atoms with Gasteiger partial charge >= 0.3 is 30.2 Å². The molecule has 0 aromatic heterocycles. The van der Waals surface area contributed by atoms with Crippen LogP contribution in [0.4, 0.5) is 14.4 Å². The number of carboxylic acid groups (broad SMARTS) is 2. The topological polar surface area (TPSA) is 264 Å². The van der Waals surface area contributed by atoms with E-state index < -0.39 is 41.9 Å². The largest absolute Gasteiger partial charge is 0.481 e. The van der Waals surface area contributed by atoms with E-state index in [9.17, 15) is 43.5 Å². The van der Waals surface area contributed by atoms with Crippen LogP contribution in [-0.4, -0.2) is 134 Å². The number of thioether (sulfide) groups is 1. The molecule has 6 rings (SSSR count). The van der Waals surface area contributed by atoms with Gasteiger partial charge in [-0.25, -0.2) is 24.2 Å². The molecule has 3 aromatic rings. The lowest BCUT2D eigenvalue weighted by molar-refractivity contribution is -0.144. The smallest absolute Gasteiger partial charge is 0.416 e. The molecule has 3 aromatic carbocycles. The highest BCUT2D eigenvalue weighted by Crippen LogP contribution is 2.24. The zero-order valence-corrected chi connectivity index (χ0v) is 47.7. The average Bonchev–Trinajstić information content (AvgIpc) is 4.11. The Morgan fingerprint density at radius 1 is 0.570 bits per heavy atom. The summed E-state index contributed by atoms with van der Waals surface area (Å²) in [7, 11) is 0. The summed E-state index contributed by atoms with van der Waals surface area (Å²) in [5.41, 5.74) is 3.38. The number of hydrogen-bond acceptors (Lipinski definition) is 14. The Balaban J connectivity index is 0.000000507. The van der Waals surface area contributed by atoms with Crippen molar-refractivity contribution in [2.75, 3.05) is 38.8 Å². The number of aliphatic carboxylic acids is 2. The first-order chi connectivity index (χ1) is 36.9. The van der Waals surface area contributed by atoms with E-state index in [1.807, 2.05) is 133 Å². The molecule has 3 fully saturated rings. The Bertz CT molecular complexity index is 2280. The molecule has 79 heavy (non-hydrogen) atoms. The lowest BCUT2D eigenvalue weighted by Crippen LogP contribution is -2.44. The minimum atomic E-state index is -0.906. The Morgan fingerprint density at radius 3 is 1.34 bits per heavy atom. The predicted octanol–water partition coefficient (Wildman–Crippen LogP) is 9.96. The molecule has 19 heteroatoms. The van der Waals surface area contributed by atoms with Crippen molar-refractivity contribution in [3.05, 3.63) is 108 Å². The van der Waals surface area contributed by atoms with E-state index in [1.54, 1.807) is 0 Å².